The summed E-state index contributed by atoms with van der Waals surface area (Å²) in [6.45, 7) is 23.5. The minimum Gasteiger partial charge on any atom is -0.0683 e. The monoisotopic (exact) mass is 268 g/mol. The molecule has 1 aliphatic rings. The van der Waals surface area contributed by atoms with Crippen LogP contribution in [0.5, 0.6) is 0 Å². The van der Waals surface area contributed by atoms with Crippen molar-refractivity contribution in [3.8, 4) is 0 Å². The summed E-state index contributed by atoms with van der Waals surface area (Å²) in [5, 5.41) is 0. The lowest BCUT2D eigenvalue weighted by Gasteiger charge is -2.50. The van der Waals surface area contributed by atoms with Crippen molar-refractivity contribution in [2.24, 2.45) is 34.5 Å². The Kier molecular flexibility index (Phi) is 7.14. The van der Waals surface area contributed by atoms with Crippen LogP contribution in [-0.2, 0) is 0 Å². The first kappa shape index (κ1) is 19.0. The van der Waals surface area contributed by atoms with Gasteiger partial charge in [-0.05, 0) is 47.3 Å². The maximum absolute atomic E-state index is 2.51. The van der Waals surface area contributed by atoms with E-state index in [9.17, 15) is 0 Å². The molecule has 1 saturated carbocycles. The van der Waals surface area contributed by atoms with Crippen LogP contribution in [0.3, 0.4) is 0 Å². The SMILES string of the molecule is CC.CCC1CC(C(C)(C)C)C(C)C(C(C)(C)C)C1. The van der Waals surface area contributed by atoms with Gasteiger partial charge in [0, 0.05) is 0 Å². The fraction of sp³-hybridized carbons (Fsp3) is 1.00. The molecular weight excluding hydrogens is 228 g/mol. The van der Waals surface area contributed by atoms with Crippen molar-refractivity contribution in [2.45, 2.75) is 88.5 Å². The molecule has 1 fully saturated rings. The first-order valence-corrected chi connectivity index (χ1v) is 8.57. The molecule has 2 unspecified atom stereocenters. The van der Waals surface area contributed by atoms with Crippen molar-refractivity contribution in [2.75, 3.05) is 0 Å². The molecule has 0 N–H and O–H groups in total. The third-order valence-corrected chi connectivity index (χ3v) is 5.25. The van der Waals surface area contributed by atoms with E-state index >= 15 is 0 Å². The van der Waals surface area contributed by atoms with Gasteiger partial charge in [-0.2, -0.15) is 0 Å². The van der Waals surface area contributed by atoms with Crippen LogP contribution in [0.1, 0.15) is 88.5 Å². The Balaban J connectivity index is 0.00000154. The zero-order chi connectivity index (χ0) is 15.4. The van der Waals surface area contributed by atoms with Gasteiger partial charge in [-0.3, -0.25) is 0 Å². The van der Waals surface area contributed by atoms with Gasteiger partial charge in [0.2, 0.25) is 0 Å². The van der Waals surface area contributed by atoms with E-state index in [0.29, 0.717) is 10.8 Å². The summed E-state index contributed by atoms with van der Waals surface area (Å²) in [6.07, 6.45) is 4.27. The van der Waals surface area contributed by atoms with E-state index in [2.05, 4.69) is 55.4 Å². The lowest BCUT2D eigenvalue weighted by molar-refractivity contribution is -0.00937. The van der Waals surface area contributed by atoms with Gasteiger partial charge in [0.15, 0.2) is 0 Å². The van der Waals surface area contributed by atoms with Crippen LogP contribution in [0.2, 0.25) is 0 Å². The van der Waals surface area contributed by atoms with Crippen LogP contribution in [0.25, 0.3) is 0 Å². The van der Waals surface area contributed by atoms with E-state index in [0.717, 1.165) is 23.7 Å². The molecule has 0 saturated heterocycles. The highest BCUT2D eigenvalue weighted by atomic mass is 14.5. The largest absolute Gasteiger partial charge is 0.0683 e. The molecule has 0 radical (unpaired) electrons. The third-order valence-electron chi connectivity index (χ3n) is 5.25. The topological polar surface area (TPSA) is 0 Å². The number of hydrogen-bond donors (Lipinski definition) is 0. The zero-order valence-corrected chi connectivity index (χ0v) is 15.4. The smallest absolute Gasteiger partial charge is 0.0334 e. The van der Waals surface area contributed by atoms with Gasteiger partial charge in [-0.1, -0.05) is 75.7 Å². The fourth-order valence-corrected chi connectivity index (χ4v) is 4.14. The first-order valence-electron chi connectivity index (χ1n) is 8.57. The molecule has 2 atom stereocenters. The Morgan fingerprint density at radius 2 is 1.11 bits per heavy atom. The Morgan fingerprint density at radius 1 is 0.789 bits per heavy atom. The molecule has 0 aromatic heterocycles. The molecule has 0 aromatic carbocycles. The predicted molar refractivity (Wildman–Crippen MR) is 89.4 cm³/mol. The molecule has 0 aliphatic heterocycles. The fourth-order valence-electron chi connectivity index (χ4n) is 4.14. The quantitative estimate of drug-likeness (QED) is 0.491. The molecular formula is C19H40. The van der Waals surface area contributed by atoms with E-state index in [1.165, 1.54) is 19.3 Å². The second-order valence-electron chi connectivity index (χ2n) is 8.55. The van der Waals surface area contributed by atoms with E-state index in [-0.39, 0.29) is 0 Å². The molecule has 0 spiro atoms. The molecule has 116 valence electrons. The Hall–Kier alpha value is 0. The normalized spacial score (nSPS) is 32.5. The van der Waals surface area contributed by atoms with Gasteiger partial charge in [0.25, 0.3) is 0 Å². The van der Waals surface area contributed by atoms with Gasteiger partial charge in [0.1, 0.15) is 0 Å². The molecule has 1 aliphatic carbocycles. The van der Waals surface area contributed by atoms with Gasteiger partial charge in [-0.25, -0.2) is 0 Å². The van der Waals surface area contributed by atoms with E-state index < -0.39 is 0 Å². The zero-order valence-electron chi connectivity index (χ0n) is 15.4. The lowest BCUT2D eigenvalue weighted by Crippen LogP contribution is -2.42. The van der Waals surface area contributed by atoms with Crippen LogP contribution in [0.15, 0.2) is 0 Å². The molecule has 0 nitrogen and oxygen atoms in total. The minimum atomic E-state index is 0.469. The predicted octanol–water partition coefficient (Wildman–Crippen LogP) is 6.79. The lowest BCUT2D eigenvalue weighted by atomic mass is 9.55. The van der Waals surface area contributed by atoms with Gasteiger partial charge in [-0.15, -0.1) is 0 Å². The summed E-state index contributed by atoms with van der Waals surface area (Å²) < 4.78 is 0. The summed E-state index contributed by atoms with van der Waals surface area (Å²) in [7, 11) is 0. The van der Waals surface area contributed by atoms with E-state index in [1.54, 1.807) is 0 Å². The van der Waals surface area contributed by atoms with Gasteiger partial charge < -0.3 is 0 Å². The highest BCUT2D eigenvalue weighted by molar-refractivity contribution is 4.93. The molecule has 0 aromatic rings. The van der Waals surface area contributed by atoms with E-state index in [4.69, 9.17) is 0 Å². The average molecular weight is 269 g/mol. The molecule has 0 heteroatoms. The van der Waals surface area contributed by atoms with E-state index in [1.807, 2.05) is 13.8 Å². The molecule has 0 amide bonds. The molecule has 1 rings (SSSR count). The van der Waals surface area contributed by atoms with Crippen LogP contribution in [0, 0.1) is 34.5 Å². The maximum atomic E-state index is 2.51. The van der Waals surface area contributed by atoms with Crippen molar-refractivity contribution < 1.29 is 0 Å². The van der Waals surface area contributed by atoms with Crippen LogP contribution in [0.4, 0.5) is 0 Å². The van der Waals surface area contributed by atoms with Crippen LogP contribution >= 0.6 is 0 Å². The standard InChI is InChI=1S/C17H34.C2H6/c1-9-13-10-14(16(3,4)5)12(2)15(11-13)17(6,7)8;1-2/h12-15H,9-11H2,1-8H3;1-2H3. The Morgan fingerprint density at radius 3 is 1.32 bits per heavy atom. The first-order chi connectivity index (χ1) is 8.57. The summed E-state index contributed by atoms with van der Waals surface area (Å²) in [4.78, 5) is 0. The van der Waals surface area contributed by atoms with Crippen molar-refractivity contribution in [3.63, 3.8) is 0 Å². The van der Waals surface area contributed by atoms with Crippen molar-refractivity contribution >= 4 is 0 Å². The third kappa shape index (κ3) is 5.12. The maximum Gasteiger partial charge on any atom is -0.0334 e. The second kappa shape index (κ2) is 7.14. The Bertz CT molecular complexity index is 214. The molecule has 0 heterocycles. The number of rotatable bonds is 1. The minimum absolute atomic E-state index is 0.469. The molecule has 19 heavy (non-hydrogen) atoms. The van der Waals surface area contributed by atoms with Crippen LogP contribution in [-0.4, -0.2) is 0 Å². The summed E-state index contributed by atoms with van der Waals surface area (Å²) in [5.41, 5.74) is 0.938. The highest BCUT2D eigenvalue weighted by Gasteiger charge is 2.43. The van der Waals surface area contributed by atoms with Crippen molar-refractivity contribution in [3.05, 3.63) is 0 Å². The van der Waals surface area contributed by atoms with Crippen LogP contribution < -0.4 is 0 Å². The van der Waals surface area contributed by atoms with Gasteiger partial charge in [0.05, 0.1) is 0 Å². The summed E-state index contributed by atoms with van der Waals surface area (Å²) in [5.74, 6) is 3.62. The highest BCUT2D eigenvalue weighted by Crippen LogP contribution is 2.52. The van der Waals surface area contributed by atoms with Gasteiger partial charge >= 0.3 is 0 Å². The Labute approximate surface area is 123 Å². The summed E-state index contributed by atoms with van der Waals surface area (Å²) >= 11 is 0. The number of hydrogen-bond acceptors (Lipinski definition) is 0. The second-order valence-corrected chi connectivity index (χ2v) is 8.55. The average Bonchev–Trinajstić information content (AvgIpc) is 2.29. The summed E-state index contributed by atoms with van der Waals surface area (Å²) in [6, 6.07) is 0. The van der Waals surface area contributed by atoms with Crippen molar-refractivity contribution in [1.82, 2.24) is 0 Å². The molecule has 0 bridgehead atoms. The van der Waals surface area contributed by atoms with Crippen molar-refractivity contribution in [1.29, 1.82) is 0 Å².